The minimum atomic E-state index is -3.02. The summed E-state index contributed by atoms with van der Waals surface area (Å²) in [4.78, 5) is 34.2. The second kappa shape index (κ2) is 10.4. The lowest BCUT2D eigenvalue weighted by molar-refractivity contribution is -0.0514. The van der Waals surface area contributed by atoms with Gasteiger partial charge in [0, 0.05) is 17.1 Å². The molecule has 0 unspecified atom stereocenters. The number of halogens is 3. The maximum Gasteiger partial charge on any atom is 0.387 e. The van der Waals surface area contributed by atoms with Gasteiger partial charge in [0.15, 0.2) is 11.5 Å². The molecule has 3 rings (SSSR count). The number of carbonyl (C=O) groups excluding carboxylic acids is 1. The Hall–Kier alpha value is -3.20. The number of nitrogens with one attached hydrogen (secondary N) is 1. The Morgan fingerprint density at radius 3 is 2.66 bits per heavy atom. The van der Waals surface area contributed by atoms with Gasteiger partial charge in [-0.25, -0.2) is 4.98 Å². The number of aromatic amines is 1. The zero-order chi connectivity index (χ0) is 23.3. The maximum atomic E-state index is 13.2. The summed E-state index contributed by atoms with van der Waals surface area (Å²) in [5.74, 6) is -0.181. The average molecular weight is 466 g/mol. The van der Waals surface area contributed by atoms with Crippen LogP contribution in [0.25, 0.3) is 10.9 Å². The number of benzene rings is 2. The van der Waals surface area contributed by atoms with E-state index < -0.39 is 6.61 Å². The van der Waals surface area contributed by atoms with Crippen molar-refractivity contribution in [1.29, 1.82) is 0 Å². The lowest BCUT2D eigenvalue weighted by Gasteiger charge is -2.22. The quantitative estimate of drug-likeness (QED) is 0.498. The number of ether oxygens (including phenoxy) is 2. The van der Waals surface area contributed by atoms with Crippen LogP contribution in [0.1, 0.15) is 36.5 Å². The van der Waals surface area contributed by atoms with Crippen LogP contribution >= 0.6 is 11.6 Å². The third-order valence-electron chi connectivity index (χ3n) is 4.55. The first kappa shape index (κ1) is 23.5. The fraction of sp³-hybridized carbons (Fsp3) is 0.318. The number of hydrogen-bond acceptors (Lipinski definition) is 5. The van der Waals surface area contributed by atoms with Crippen LogP contribution in [0.3, 0.4) is 0 Å². The predicted molar refractivity (Wildman–Crippen MR) is 117 cm³/mol. The maximum absolute atomic E-state index is 13.2. The van der Waals surface area contributed by atoms with E-state index in [0.29, 0.717) is 34.7 Å². The SMILES string of the molecule is CCCN(Cc1nc2cc(Cl)ccc2c(=O)[nH]1)C(=O)c1ccc(OC(F)F)c(OCC)c1. The monoisotopic (exact) mass is 465 g/mol. The van der Waals surface area contributed by atoms with E-state index in [1.54, 1.807) is 25.1 Å². The van der Waals surface area contributed by atoms with Crippen molar-refractivity contribution in [2.75, 3.05) is 13.2 Å². The Kier molecular flexibility index (Phi) is 7.63. The molecule has 10 heteroatoms. The number of aromatic nitrogens is 2. The van der Waals surface area contributed by atoms with Crippen molar-refractivity contribution in [3.05, 3.63) is 63.2 Å². The number of H-pyrrole nitrogens is 1. The van der Waals surface area contributed by atoms with Crippen molar-refractivity contribution < 1.29 is 23.0 Å². The van der Waals surface area contributed by atoms with E-state index in [0.717, 1.165) is 0 Å². The molecule has 0 atom stereocenters. The topological polar surface area (TPSA) is 84.5 Å². The van der Waals surface area contributed by atoms with Crippen LogP contribution in [0.2, 0.25) is 5.02 Å². The third-order valence-corrected chi connectivity index (χ3v) is 4.78. The molecule has 0 saturated carbocycles. The van der Waals surface area contributed by atoms with Gasteiger partial charge in [-0.05, 0) is 49.7 Å². The highest BCUT2D eigenvalue weighted by molar-refractivity contribution is 6.31. The molecule has 7 nitrogen and oxygen atoms in total. The minimum absolute atomic E-state index is 0.0435. The number of carbonyl (C=O) groups is 1. The molecule has 0 aliphatic heterocycles. The van der Waals surface area contributed by atoms with Gasteiger partial charge in [-0.3, -0.25) is 9.59 Å². The number of amides is 1. The predicted octanol–water partition coefficient (Wildman–Crippen LogP) is 4.63. The van der Waals surface area contributed by atoms with Gasteiger partial charge in [0.05, 0.1) is 24.1 Å². The summed E-state index contributed by atoms with van der Waals surface area (Å²) in [5, 5.41) is 0.833. The first-order valence-corrected chi connectivity index (χ1v) is 10.4. The molecule has 0 radical (unpaired) electrons. The molecule has 0 fully saturated rings. The molecule has 0 aliphatic carbocycles. The molecule has 170 valence electrons. The molecule has 0 aliphatic rings. The van der Waals surface area contributed by atoms with Crippen LogP contribution in [0.15, 0.2) is 41.2 Å². The highest BCUT2D eigenvalue weighted by Gasteiger charge is 2.20. The minimum Gasteiger partial charge on any atom is -0.490 e. The van der Waals surface area contributed by atoms with Gasteiger partial charge >= 0.3 is 6.61 Å². The van der Waals surface area contributed by atoms with Crippen molar-refractivity contribution in [1.82, 2.24) is 14.9 Å². The Morgan fingerprint density at radius 1 is 1.19 bits per heavy atom. The van der Waals surface area contributed by atoms with E-state index >= 15 is 0 Å². The summed E-state index contributed by atoms with van der Waals surface area (Å²) < 4.78 is 35.1. The van der Waals surface area contributed by atoms with Crippen molar-refractivity contribution in [3.63, 3.8) is 0 Å². The zero-order valence-electron chi connectivity index (χ0n) is 17.5. The summed E-state index contributed by atoms with van der Waals surface area (Å²) >= 11 is 6.01. The molecular formula is C22H22ClF2N3O4. The molecule has 1 heterocycles. The Morgan fingerprint density at radius 2 is 1.97 bits per heavy atom. The highest BCUT2D eigenvalue weighted by Crippen LogP contribution is 2.30. The highest BCUT2D eigenvalue weighted by atomic mass is 35.5. The van der Waals surface area contributed by atoms with Crippen LogP contribution in [-0.4, -0.2) is 40.5 Å². The second-order valence-corrected chi connectivity index (χ2v) is 7.31. The Labute approximate surface area is 187 Å². The summed E-state index contributed by atoms with van der Waals surface area (Å²) in [6, 6.07) is 8.79. The Bertz CT molecular complexity index is 1170. The average Bonchev–Trinajstić information content (AvgIpc) is 2.73. The number of rotatable bonds is 9. The van der Waals surface area contributed by atoms with Gasteiger partial charge in [-0.2, -0.15) is 8.78 Å². The molecule has 0 saturated heterocycles. The van der Waals surface area contributed by atoms with E-state index in [1.807, 2.05) is 6.92 Å². The summed E-state index contributed by atoms with van der Waals surface area (Å²) in [6.45, 7) is 1.22. The fourth-order valence-corrected chi connectivity index (χ4v) is 3.39. The summed E-state index contributed by atoms with van der Waals surface area (Å²) in [6.07, 6.45) is 0.653. The molecule has 0 spiro atoms. The first-order chi connectivity index (χ1) is 15.3. The van der Waals surface area contributed by atoms with Gasteiger partial charge < -0.3 is 19.4 Å². The smallest absolute Gasteiger partial charge is 0.387 e. The zero-order valence-corrected chi connectivity index (χ0v) is 18.3. The van der Waals surface area contributed by atoms with Gasteiger partial charge in [-0.15, -0.1) is 0 Å². The molecule has 2 aromatic carbocycles. The number of fused-ring (bicyclic) bond motifs is 1. The van der Waals surface area contributed by atoms with E-state index in [9.17, 15) is 18.4 Å². The lowest BCUT2D eigenvalue weighted by atomic mass is 10.1. The van der Waals surface area contributed by atoms with Crippen LogP contribution in [0.4, 0.5) is 8.78 Å². The first-order valence-electron chi connectivity index (χ1n) is 10.0. The molecule has 3 aromatic rings. The van der Waals surface area contributed by atoms with E-state index in [4.69, 9.17) is 16.3 Å². The summed E-state index contributed by atoms with van der Waals surface area (Å²) in [5.41, 5.74) is 0.319. The van der Waals surface area contributed by atoms with Gasteiger partial charge in [0.1, 0.15) is 5.82 Å². The molecule has 1 amide bonds. The van der Waals surface area contributed by atoms with Crippen molar-refractivity contribution in [2.45, 2.75) is 33.4 Å². The number of hydrogen-bond donors (Lipinski definition) is 1. The molecule has 1 aromatic heterocycles. The molecule has 0 bridgehead atoms. The van der Waals surface area contributed by atoms with Crippen LogP contribution in [0.5, 0.6) is 11.5 Å². The lowest BCUT2D eigenvalue weighted by Crippen LogP contribution is -2.32. The Balaban J connectivity index is 1.91. The van der Waals surface area contributed by atoms with Crippen LogP contribution in [-0.2, 0) is 6.54 Å². The van der Waals surface area contributed by atoms with Gasteiger partial charge in [0.25, 0.3) is 11.5 Å². The second-order valence-electron chi connectivity index (χ2n) is 6.87. The van der Waals surface area contributed by atoms with E-state index in [2.05, 4.69) is 14.7 Å². The molecule has 32 heavy (non-hydrogen) atoms. The molecule has 1 N–H and O–H groups in total. The van der Waals surface area contributed by atoms with Gasteiger partial charge in [-0.1, -0.05) is 18.5 Å². The van der Waals surface area contributed by atoms with Crippen LogP contribution in [0, 0.1) is 0 Å². The molecular weight excluding hydrogens is 444 g/mol. The van der Waals surface area contributed by atoms with Crippen molar-refractivity contribution >= 4 is 28.4 Å². The van der Waals surface area contributed by atoms with Gasteiger partial charge in [0.2, 0.25) is 0 Å². The van der Waals surface area contributed by atoms with E-state index in [1.165, 1.54) is 23.1 Å². The standard InChI is InChI=1S/C22H22ClF2N3O4/c1-3-9-28(12-19-26-16-11-14(23)6-7-15(16)20(29)27-19)21(30)13-5-8-17(32-22(24)25)18(10-13)31-4-2/h5-8,10-11,22H,3-4,9,12H2,1-2H3,(H,26,27,29). The van der Waals surface area contributed by atoms with Crippen LogP contribution < -0.4 is 15.0 Å². The fourth-order valence-electron chi connectivity index (χ4n) is 3.22. The number of alkyl halides is 2. The third kappa shape index (κ3) is 5.53. The summed E-state index contributed by atoms with van der Waals surface area (Å²) in [7, 11) is 0. The normalized spacial score (nSPS) is 11.1. The largest absolute Gasteiger partial charge is 0.490 e. The van der Waals surface area contributed by atoms with Crippen molar-refractivity contribution in [2.24, 2.45) is 0 Å². The van der Waals surface area contributed by atoms with Crippen molar-refractivity contribution in [3.8, 4) is 11.5 Å². The number of nitrogens with zero attached hydrogens (tertiary/aromatic N) is 2. The van der Waals surface area contributed by atoms with E-state index in [-0.39, 0.29) is 41.7 Å².